The molecule has 2 N–H and O–H groups in total. The molecule has 0 aromatic heterocycles. The topological polar surface area (TPSA) is 98.8 Å². The second kappa shape index (κ2) is 7.66. The fraction of sp³-hybridized carbons (Fsp3) is 0.565. The van der Waals surface area contributed by atoms with Crippen LogP contribution in [0.25, 0.3) is 0 Å². The summed E-state index contributed by atoms with van der Waals surface area (Å²) in [6.45, 7) is 6.55. The Balaban J connectivity index is 1.48. The molecule has 2 aliphatic heterocycles. The maximum Gasteiger partial charge on any atom is 0.325 e. The van der Waals surface area contributed by atoms with Gasteiger partial charge in [0.2, 0.25) is 11.8 Å². The monoisotopic (exact) mass is 426 g/mol. The number of rotatable bonds is 4. The predicted molar refractivity (Wildman–Crippen MR) is 116 cm³/mol. The van der Waals surface area contributed by atoms with E-state index in [4.69, 9.17) is 0 Å². The summed E-state index contributed by atoms with van der Waals surface area (Å²) in [7, 11) is 0. The molecule has 2 saturated heterocycles. The molecule has 2 atom stereocenters. The Kier molecular flexibility index (Phi) is 5.27. The average molecular weight is 427 g/mol. The molecule has 3 fully saturated rings. The number of imide groups is 1. The van der Waals surface area contributed by atoms with Crippen LogP contribution in [-0.4, -0.2) is 47.3 Å². The number of hydrogen-bond acceptors (Lipinski definition) is 4. The van der Waals surface area contributed by atoms with E-state index < -0.39 is 17.5 Å². The van der Waals surface area contributed by atoms with Crippen LogP contribution >= 0.6 is 0 Å². The molecule has 2 heterocycles. The molecule has 5 amide bonds. The van der Waals surface area contributed by atoms with Gasteiger partial charge < -0.3 is 15.5 Å². The van der Waals surface area contributed by atoms with Crippen LogP contribution in [0.15, 0.2) is 24.3 Å². The summed E-state index contributed by atoms with van der Waals surface area (Å²) in [6, 6.07) is 6.57. The van der Waals surface area contributed by atoms with Crippen molar-refractivity contribution in [3.05, 3.63) is 24.3 Å². The summed E-state index contributed by atoms with van der Waals surface area (Å²) in [5, 5.41) is 5.68. The zero-order valence-corrected chi connectivity index (χ0v) is 18.4. The van der Waals surface area contributed by atoms with Crippen LogP contribution in [0.1, 0.15) is 52.9 Å². The van der Waals surface area contributed by atoms with Gasteiger partial charge in [0.1, 0.15) is 12.1 Å². The van der Waals surface area contributed by atoms with Crippen LogP contribution in [0.5, 0.6) is 0 Å². The zero-order valence-electron chi connectivity index (χ0n) is 18.4. The first-order valence-electron chi connectivity index (χ1n) is 10.9. The molecule has 8 nitrogen and oxygen atoms in total. The molecule has 0 bridgehead atoms. The number of nitrogens with zero attached hydrogens (tertiary/aromatic N) is 2. The van der Waals surface area contributed by atoms with E-state index in [1.54, 1.807) is 23.1 Å². The first kappa shape index (κ1) is 21.3. The van der Waals surface area contributed by atoms with Gasteiger partial charge in [-0.3, -0.25) is 19.3 Å². The van der Waals surface area contributed by atoms with Crippen LogP contribution in [0, 0.1) is 11.3 Å². The third kappa shape index (κ3) is 4.03. The highest BCUT2D eigenvalue weighted by atomic mass is 16.2. The van der Waals surface area contributed by atoms with Crippen LogP contribution < -0.4 is 15.5 Å². The van der Waals surface area contributed by atoms with Crippen molar-refractivity contribution < 1.29 is 19.2 Å². The summed E-state index contributed by atoms with van der Waals surface area (Å²) < 4.78 is 0. The third-order valence-electron chi connectivity index (χ3n) is 6.47. The molecule has 2 unspecified atom stereocenters. The molecule has 3 aliphatic rings. The third-order valence-corrected chi connectivity index (χ3v) is 6.47. The van der Waals surface area contributed by atoms with E-state index in [-0.39, 0.29) is 23.8 Å². The summed E-state index contributed by atoms with van der Waals surface area (Å²) in [5.74, 6) is -0.475. The Bertz CT molecular complexity index is 943. The van der Waals surface area contributed by atoms with Crippen LogP contribution in [-0.2, 0) is 14.4 Å². The maximum absolute atomic E-state index is 13.2. The van der Waals surface area contributed by atoms with Crippen LogP contribution in [0.3, 0.4) is 0 Å². The molecule has 4 rings (SSSR count). The Morgan fingerprint density at radius 1 is 1.19 bits per heavy atom. The van der Waals surface area contributed by atoms with Crippen molar-refractivity contribution >= 4 is 35.1 Å². The summed E-state index contributed by atoms with van der Waals surface area (Å²) in [6.07, 6.45) is 3.40. The van der Waals surface area contributed by atoms with Crippen molar-refractivity contribution in [2.24, 2.45) is 11.3 Å². The number of nitrogens with one attached hydrogen (secondary N) is 2. The summed E-state index contributed by atoms with van der Waals surface area (Å²) >= 11 is 0. The Morgan fingerprint density at radius 3 is 2.61 bits per heavy atom. The molecule has 31 heavy (non-hydrogen) atoms. The lowest BCUT2D eigenvalue weighted by Gasteiger charge is -2.43. The fourth-order valence-electron chi connectivity index (χ4n) is 5.70. The lowest BCUT2D eigenvalue weighted by Crippen LogP contribution is -2.54. The zero-order chi connectivity index (χ0) is 22.4. The molecular weight excluding hydrogens is 396 g/mol. The van der Waals surface area contributed by atoms with Gasteiger partial charge in [-0.05, 0) is 49.1 Å². The first-order valence-corrected chi connectivity index (χ1v) is 10.9. The Hall–Kier alpha value is -2.90. The molecule has 1 aromatic rings. The van der Waals surface area contributed by atoms with Gasteiger partial charge in [0.05, 0.1) is 11.4 Å². The van der Waals surface area contributed by atoms with E-state index in [0.29, 0.717) is 43.1 Å². The van der Waals surface area contributed by atoms with Gasteiger partial charge in [-0.1, -0.05) is 32.9 Å². The second-order valence-electron chi connectivity index (χ2n) is 9.97. The first-order chi connectivity index (χ1) is 14.6. The van der Waals surface area contributed by atoms with Gasteiger partial charge >= 0.3 is 6.03 Å². The van der Waals surface area contributed by atoms with E-state index in [1.807, 2.05) is 6.07 Å². The van der Waals surface area contributed by atoms with E-state index in [0.717, 1.165) is 17.7 Å². The lowest BCUT2D eigenvalue weighted by molar-refractivity contribution is -0.136. The molecule has 0 radical (unpaired) electrons. The van der Waals surface area contributed by atoms with Crippen molar-refractivity contribution in [3.63, 3.8) is 0 Å². The number of urea groups is 1. The van der Waals surface area contributed by atoms with E-state index in [1.165, 1.54) is 0 Å². The number of hydrogen-bond donors (Lipinski definition) is 2. The number of anilines is 2. The molecule has 1 spiro atoms. The molecule has 1 aromatic carbocycles. The molecule has 166 valence electrons. The summed E-state index contributed by atoms with van der Waals surface area (Å²) in [4.78, 5) is 53.5. The number of carbonyl (C=O) groups is 4. The Morgan fingerprint density at radius 2 is 1.94 bits per heavy atom. The van der Waals surface area contributed by atoms with Gasteiger partial charge in [0.15, 0.2) is 0 Å². The van der Waals surface area contributed by atoms with Crippen molar-refractivity contribution in [1.82, 2.24) is 10.2 Å². The van der Waals surface area contributed by atoms with E-state index in [2.05, 4.69) is 31.4 Å². The molecule has 1 aliphatic carbocycles. The van der Waals surface area contributed by atoms with Gasteiger partial charge in [-0.2, -0.15) is 0 Å². The van der Waals surface area contributed by atoms with Crippen LogP contribution in [0.2, 0.25) is 0 Å². The standard InChI is InChI=1S/C23H30N4O4/c1-15-11-22(2,3)14-23(12-15)20(30)27(21(31)25-23)13-18(28)24-16-7-4-5-8-17(16)26-10-6-9-19(26)29/h4-5,7-8,15H,6,9-14H2,1-3H3,(H,24,28)(H,25,31). The molecular formula is C23H30N4O4. The van der Waals surface area contributed by atoms with Crippen molar-refractivity contribution in [2.45, 2.75) is 58.4 Å². The smallest absolute Gasteiger partial charge is 0.323 e. The van der Waals surface area contributed by atoms with Crippen molar-refractivity contribution in [1.29, 1.82) is 0 Å². The number of benzene rings is 1. The fourth-order valence-corrected chi connectivity index (χ4v) is 5.70. The number of carbonyl (C=O) groups excluding carboxylic acids is 4. The normalized spacial score (nSPS) is 27.7. The number of para-hydroxylation sites is 2. The predicted octanol–water partition coefficient (Wildman–Crippen LogP) is 2.89. The molecule has 8 heteroatoms. The van der Waals surface area contributed by atoms with E-state index >= 15 is 0 Å². The largest absolute Gasteiger partial charge is 0.325 e. The SMILES string of the molecule is CC1CC(C)(C)CC2(C1)NC(=O)N(CC(=O)Nc1ccccc1N1CCCC1=O)C2=O. The minimum atomic E-state index is -0.932. The maximum atomic E-state index is 13.2. The highest BCUT2D eigenvalue weighted by Crippen LogP contribution is 2.46. The van der Waals surface area contributed by atoms with Crippen molar-refractivity contribution in [3.8, 4) is 0 Å². The summed E-state index contributed by atoms with van der Waals surface area (Å²) in [5.41, 5.74) is 0.130. The number of amides is 5. The quantitative estimate of drug-likeness (QED) is 0.723. The second-order valence-corrected chi connectivity index (χ2v) is 9.97. The van der Waals surface area contributed by atoms with Crippen molar-refractivity contribution in [2.75, 3.05) is 23.3 Å². The van der Waals surface area contributed by atoms with Gasteiger partial charge in [0.25, 0.3) is 5.91 Å². The van der Waals surface area contributed by atoms with Gasteiger partial charge in [-0.25, -0.2) is 4.79 Å². The lowest BCUT2D eigenvalue weighted by atomic mass is 9.64. The highest BCUT2D eigenvalue weighted by Gasteiger charge is 2.56. The Labute approximate surface area is 182 Å². The van der Waals surface area contributed by atoms with Gasteiger partial charge in [-0.15, -0.1) is 0 Å². The minimum absolute atomic E-state index is 0.0202. The minimum Gasteiger partial charge on any atom is -0.323 e. The van der Waals surface area contributed by atoms with Gasteiger partial charge in [0, 0.05) is 13.0 Å². The van der Waals surface area contributed by atoms with Crippen LogP contribution in [0.4, 0.5) is 16.2 Å². The van der Waals surface area contributed by atoms with E-state index in [9.17, 15) is 19.2 Å². The average Bonchev–Trinajstić information content (AvgIpc) is 3.17. The highest BCUT2D eigenvalue weighted by molar-refractivity contribution is 6.11. The molecule has 1 saturated carbocycles.